The Labute approximate surface area is 166 Å². The van der Waals surface area contributed by atoms with E-state index in [0.29, 0.717) is 21.8 Å². The summed E-state index contributed by atoms with van der Waals surface area (Å²) in [7, 11) is 0.504. The molecule has 7 heteroatoms. The predicted molar refractivity (Wildman–Crippen MR) is 111 cm³/mol. The number of nitrogens with zero attached hydrogens (tertiary/aromatic N) is 2. The van der Waals surface area contributed by atoms with Crippen molar-refractivity contribution < 1.29 is 14.3 Å². The fraction of sp³-hybridized carbons (Fsp3) is 0.381. The Balaban J connectivity index is 1.38. The molecule has 4 heterocycles. The van der Waals surface area contributed by atoms with Crippen LogP contribution in [0, 0.1) is 0 Å². The maximum atomic E-state index is 12.9. The Morgan fingerprint density at radius 3 is 2.93 bits per heavy atom. The van der Waals surface area contributed by atoms with Crippen LogP contribution in [0.1, 0.15) is 12.0 Å². The van der Waals surface area contributed by atoms with Gasteiger partial charge >= 0.3 is 0 Å². The van der Waals surface area contributed by atoms with Crippen LogP contribution in [0.3, 0.4) is 0 Å². The number of carbonyl (C=O) groups is 1. The molecule has 1 aromatic rings. The van der Waals surface area contributed by atoms with Gasteiger partial charge in [-0.2, -0.15) is 0 Å². The summed E-state index contributed by atoms with van der Waals surface area (Å²) in [5.74, 6) is 1.68. The standard InChI is InChI=1S/C21H24N3O3P/c25-20-13-19(15-2-4-17-18(12-15)27-11-10-26-17)28-21-5-3-16(14-24(20)21)23-8-1-6-22-7-9-23/h2-5,12-14,21-22,28H,1,6-11H2. The first-order valence-electron chi connectivity index (χ1n) is 9.84. The molecular weight excluding hydrogens is 373 g/mol. The minimum Gasteiger partial charge on any atom is -0.486 e. The first-order valence-corrected chi connectivity index (χ1v) is 10.9. The number of nitrogens with one attached hydrogen (secondary N) is 1. The summed E-state index contributed by atoms with van der Waals surface area (Å²) in [4.78, 5) is 17.1. The van der Waals surface area contributed by atoms with Gasteiger partial charge in [-0.15, -0.1) is 0 Å². The zero-order valence-corrected chi connectivity index (χ0v) is 16.7. The van der Waals surface area contributed by atoms with E-state index < -0.39 is 0 Å². The Hall–Kier alpha value is -2.30. The fourth-order valence-corrected chi connectivity index (χ4v) is 5.32. The van der Waals surface area contributed by atoms with Crippen LogP contribution in [-0.2, 0) is 4.79 Å². The van der Waals surface area contributed by atoms with E-state index in [0.717, 1.165) is 60.7 Å². The van der Waals surface area contributed by atoms with Crippen molar-refractivity contribution in [3.63, 3.8) is 0 Å². The van der Waals surface area contributed by atoms with Gasteiger partial charge < -0.3 is 24.6 Å². The average Bonchev–Trinajstić information content (AvgIpc) is 3.03. The summed E-state index contributed by atoms with van der Waals surface area (Å²) in [6.45, 7) is 5.19. The van der Waals surface area contributed by atoms with Crippen LogP contribution in [0.5, 0.6) is 11.5 Å². The van der Waals surface area contributed by atoms with Crippen molar-refractivity contribution in [3.8, 4) is 11.5 Å². The van der Waals surface area contributed by atoms with Gasteiger partial charge in [-0.3, -0.25) is 4.79 Å². The van der Waals surface area contributed by atoms with E-state index in [2.05, 4.69) is 22.4 Å². The molecule has 1 amide bonds. The van der Waals surface area contributed by atoms with Crippen molar-refractivity contribution in [1.29, 1.82) is 0 Å². The molecule has 1 N–H and O–H groups in total. The van der Waals surface area contributed by atoms with Crippen molar-refractivity contribution in [1.82, 2.24) is 15.1 Å². The number of rotatable bonds is 2. The van der Waals surface area contributed by atoms with Crippen LogP contribution in [0.2, 0.25) is 0 Å². The third kappa shape index (κ3) is 3.43. The van der Waals surface area contributed by atoms with Crippen molar-refractivity contribution in [2.24, 2.45) is 0 Å². The lowest BCUT2D eigenvalue weighted by molar-refractivity contribution is -0.123. The highest BCUT2D eigenvalue weighted by Gasteiger charge is 2.30. The topological polar surface area (TPSA) is 54.0 Å². The van der Waals surface area contributed by atoms with Crippen LogP contribution in [0.4, 0.5) is 0 Å². The van der Waals surface area contributed by atoms with Gasteiger partial charge in [0.05, 0.1) is 11.5 Å². The van der Waals surface area contributed by atoms with Crippen molar-refractivity contribution >= 4 is 19.8 Å². The van der Waals surface area contributed by atoms with Gasteiger partial charge in [0.1, 0.15) is 13.2 Å². The molecule has 0 bridgehead atoms. The number of ether oxygens (including phenoxy) is 2. The van der Waals surface area contributed by atoms with Crippen LogP contribution in [-0.4, -0.2) is 60.9 Å². The van der Waals surface area contributed by atoms with Gasteiger partial charge in [0.15, 0.2) is 11.5 Å². The third-order valence-electron chi connectivity index (χ3n) is 5.40. The Morgan fingerprint density at radius 1 is 1.11 bits per heavy atom. The summed E-state index contributed by atoms with van der Waals surface area (Å²) >= 11 is 0. The van der Waals surface area contributed by atoms with E-state index in [-0.39, 0.29) is 11.7 Å². The molecule has 1 fully saturated rings. The first kappa shape index (κ1) is 17.8. The third-order valence-corrected chi connectivity index (χ3v) is 6.91. The highest BCUT2D eigenvalue weighted by molar-refractivity contribution is 7.51. The summed E-state index contributed by atoms with van der Waals surface area (Å²) in [6.07, 6.45) is 9.28. The number of carbonyl (C=O) groups excluding carboxylic acids is 1. The lowest BCUT2D eigenvalue weighted by Crippen LogP contribution is -2.38. The minimum atomic E-state index is 0.0448. The highest BCUT2D eigenvalue weighted by atomic mass is 31.1. The van der Waals surface area contributed by atoms with E-state index in [4.69, 9.17) is 9.47 Å². The van der Waals surface area contributed by atoms with E-state index in [9.17, 15) is 4.79 Å². The van der Waals surface area contributed by atoms with Gasteiger partial charge in [0.2, 0.25) is 0 Å². The molecule has 1 aromatic carbocycles. The molecule has 4 aliphatic heterocycles. The number of benzene rings is 1. The summed E-state index contributed by atoms with van der Waals surface area (Å²) in [6, 6.07) is 5.95. The summed E-state index contributed by atoms with van der Waals surface area (Å²) < 4.78 is 11.3. The fourth-order valence-electron chi connectivity index (χ4n) is 3.93. The second kappa shape index (κ2) is 7.61. The monoisotopic (exact) mass is 397 g/mol. The molecule has 28 heavy (non-hydrogen) atoms. The smallest absolute Gasteiger partial charge is 0.252 e. The summed E-state index contributed by atoms with van der Waals surface area (Å²) in [5.41, 5.74) is 2.17. The Kier molecular flexibility index (Phi) is 4.83. The zero-order valence-electron chi connectivity index (χ0n) is 15.7. The SMILES string of the molecule is O=C1C=C(c2ccc3c(c2)OCCO3)PC2C=CC(N3CCCNCC3)=CN12. The number of amides is 1. The van der Waals surface area contributed by atoms with Crippen LogP contribution < -0.4 is 14.8 Å². The number of fused-ring (bicyclic) bond motifs is 2. The minimum absolute atomic E-state index is 0.0448. The molecule has 6 nitrogen and oxygen atoms in total. The molecule has 2 unspecified atom stereocenters. The molecule has 0 spiro atoms. The predicted octanol–water partition coefficient (Wildman–Crippen LogP) is 2.35. The molecule has 4 aliphatic rings. The number of allylic oxidation sites excluding steroid dienone is 1. The molecule has 5 rings (SSSR count). The molecule has 1 saturated heterocycles. The molecular formula is C21H24N3O3P. The van der Waals surface area contributed by atoms with Crippen LogP contribution in [0.25, 0.3) is 5.31 Å². The van der Waals surface area contributed by atoms with Crippen molar-refractivity contribution in [3.05, 3.63) is 53.9 Å². The van der Waals surface area contributed by atoms with Gasteiger partial charge in [-0.1, -0.05) is 20.7 Å². The number of hydrogen-bond donors (Lipinski definition) is 1. The van der Waals surface area contributed by atoms with Gasteiger partial charge in [0, 0.05) is 31.9 Å². The van der Waals surface area contributed by atoms with Crippen LogP contribution >= 0.6 is 8.58 Å². The van der Waals surface area contributed by atoms with Crippen LogP contribution in [0.15, 0.2) is 48.3 Å². The molecule has 2 atom stereocenters. The molecule has 146 valence electrons. The molecule has 0 aromatic heterocycles. The summed E-state index contributed by atoms with van der Waals surface area (Å²) in [5, 5.41) is 4.50. The normalized spacial score (nSPS) is 25.1. The maximum Gasteiger partial charge on any atom is 0.252 e. The number of hydrogen-bond acceptors (Lipinski definition) is 5. The second-order valence-corrected chi connectivity index (χ2v) is 8.67. The second-order valence-electron chi connectivity index (χ2n) is 7.25. The van der Waals surface area contributed by atoms with E-state index >= 15 is 0 Å². The lowest BCUT2D eigenvalue weighted by Gasteiger charge is -2.36. The average molecular weight is 397 g/mol. The Bertz CT molecular complexity index is 872. The molecule has 0 saturated carbocycles. The van der Waals surface area contributed by atoms with Crippen molar-refractivity contribution in [2.45, 2.75) is 12.2 Å². The van der Waals surface area contributed by atoms with E-state index in [1.165, 1.54) is 0 Å². The highest BCUT2D eigenvalue weighted by Crippen LogP contribution is 2.46. The first-order chi connectivity index (χ1) is 13.8. The lowest BCUT2D eigenvalue weighted by atomic mass is 10.1. The van der Waals surface area contributed by atoms with Gasteiger partial charge in [0.25, 0.3) is 5.91 Å². The van der Waals surface area contributed by atoms with E-state index in [1.807, 2.05) is 29.3 Å². The van der Waals surface area contributed by atoms with Gasteiger partial charge in [-0.05, 0) is 42.1 Å². The zero-order chi connectivity index (χ0) is 18.9. The quantitative estimate of drug-likeness (QED) is 0.777. The van der Waals surface area contributed by atoms with Crippen molar-refractivity contribution in [2.75, 3.05) is 39.4 Å². The Morgan fingerprint density at radius 2 is 2.00 bits per heavy atom. The molecule has 0 radical (unpaired) electrons. The maximum absolute atomic E-state index is 12.9. The van der Waals surface area contributed by atoms with E-state index in [1.54, 1.807) is 6.08 Å². The molecule has 0 aliphatic carbocycles. The van der Waals surface area contributed by atoms with Gasteiger partial charge in [-0.25, -0.2) is 0 Å². The largest absolute Gasteiger partial charge is 0.486 e.